The second-order valence-electron chi connectivity index (χ2n) is 6.38. The normalized spacial score (nSPS) is 10.8. The number of carbonyl (C=O) groups is 2. The number of ether oxygens (including phenoxy) is 1. The number of nitrogens with one attached hydrogen (secondary N) is 2. The molecule has 0 radical (unpaired) electrons. The molecule has 8 nitrogen and oxygen atoms in total. The second kappa shape index (κ2) is 9.84. The molecule has 3 aromatic rings. The third-order valence-electron chi connectivity index (χ3n) is 4.29. The van der Waals surface area contributed by atoms with Crippen LogP contribution < -0.4 is 15.4 Å². The topological polar surface area (TPSA) is 111 Å². The summed E-state index contributed by atoms with van der Waals surface area (Å²) in [6, 6.07) is 21.1. The minimum atomic E-state index is -0.582. The predicted octanol–water partition coefficient (Wildman–Crippen LogP) is 4.01. The first-order chi connectivity index (χ1) is 15.0. The fourth-order valence-corrected chi connectivity index (χ4v) is 2.76. The lowest BCUT2D eigenvalue weighted by Gasteiger charge is -2.13. The lowest BCUT2D eigenvalue weighted by Crippen LogP contribution is -2.31. The molecule has 0 unspecified atom stereocenters. The van der Waals surface area contributed by atoms with Crippen molar-refractivity contribution < 1.29 is 19.2 Å². The molecule has 0 aliphatic heterocycles. The Labute approximate surface area is 178 Å². The lowest BCUT2D eigenvalue weighted by atomic mass is 10.1. The van der Waals surface area contributed by atoms with Gasteiger partial charge in [-0.2, -0.15) is 0 Å². The van der Waals surface area contributed by atoms with Crippen LogP contribution >= 0.6 is 0 Å². The average Bonchev–Trinajstić information content (AvgIpc) is 2.79. The molecule has 0 saturated carbocycles. The van der Waals surface area contributed by atoms with Crippen LogP contribution in [0.3, 0.4) is 0 Å². The zero-order valence-corrected chi connectivity index (χ0v) is 16.6. The standard InChI is InChI=1S/C23H19N3O5/c1-31-21-10-6-5-9-19(21)22(27)25-20(15-16-7-3-2-4-8-16)23(28)24-17-11-13-18(14-12-17)26(29)30/h2-15H,1H3,(H,24,28)(H,25,27)/b20-15+. The molecular weight excluding hydrogens is 398 g/mol. The Balaban J connectivity index is 1.87. The van der Waals surface area contributed by atoms with Crippen LogP contribution in [-0.4, -0.2) is 23.8 Å². The van der Waals surface area contributed by atoms with Gasteiger partial charge in [0.05, 0.1) is 17.6 Å². The monoisotopic (exact) mass is 417 g/mol. The maximum Gasteiger partial charge on any atom is 0.272 e. The summed E-state index contributed by atoms with van der Waals surface area (Å²) in [5.74, 6) is -0.728. The van der Waals surface area contributed by atoms with Crippen LogP contribution in [0.5, 0.6) is 5.75 Å². The van der Waals surface area contributed by atoms with Crippen LogP contribution in [0.1, 0.15) is 15.9 Å². The molecule has 0 aliphatic carbocycles. The number of benzene rings is 3. The second-order valence-corrected chi connectivity index (χ2v) is 6.38. The van der Waals surface area contributed by atoms with Crippen LogP contribution in [0.25, 0.3) is 6.08 Å². The molecule has 2 amide bonds. The molecule has 3 rings (SSSR count). The first kappa shape index (κ1) is 21.3. The number of carbonyl (C=O) groups excluding carboxylic acids is 2. The molecule has 0 atom stereocenters. The summed E-state index contributed by atoms with van der Waals surface area (Å²) in [4.78, 5) is 36.0. The van der Waals surface area contributed by atoms with Gasteiger partial charge < -0.3 is 15.4 Å². The Kier molecular flexibility index (Phi) is 6.74. The molecule has 0 spiro atoms. The Bertz CT molecular complexity index is 1130. The van der Waals surface area contributed by atoms with Crippen molar-refractivity contribution in [2.45, 2.75) is 0 Å². The number of anilines is 1. The van der Waals surface area contributed by atoms with Crippen LogP contribution in [0.4, 0.5) is 11.4 Å². The molecule has 0 saturated heterocycles. The van der Waals surface area contributed by atoms with E-state index in [0.29, 0.717) is 17.0 Å². The predicted molar refractivity (Wildman–Crippen MR) is 117 cm³/mol. The Morgan fingerprint density at radius 3 is 2.23 bits per heavy atom. The molecule has 3 aromatic carbocycles. The summed E-state index contributed by atoms with van der Waals surface area (Å²) in [7, 11) is 1.45. The number of nitro benzene ring substituents is 1. The van der Waals surface area contributed by atoms with Crippen LogP contribution in [0, 0.1) is 10.1 Å². The Morgan fingerprint density at radius 2 is 1.58 bits per heavy atom. The highest BCUT2D eigenvalue weighted by molar-refractivity contribution is 6.11. The number of amides is 2. The summed E-state index contributed by atoms with van der Waals surface area (Å²) in [6.45, 7) is 0. The number of nitro groups is 1. The van der Waals surface area contributed by atoms with E-state index in [-0.39, 0.29) is 16.9 Å². The quantitative estimate of drug-likeness (QED) is 0.343. The van der Waals surface area contributed by atoms with Crippen molar-refractivity contribution in [2.24, 2.45) is 0 Å². The maximum atomic E-state index is 12.9. The van der Waals surface area contributed by atoms with Gasteiger partial charge in [0.25, 0.3) is 17.5 Å². The van der Waals surface area contributed by atoms with Crippen molar-refractivity contribution in [1.29, 1.82) is 0 Å². The summed E-state index contributed by atoms with van der Waals surface area (Å²) in [6.07, 6.45) is 1.54. The van der Waals surface area contributed by atoms with Crippen LogP contribution in [0.15, 0.2) is 84.6 Å². The molecular formula is C23H19N3O5. The zero-order chi connectivity index (χ0) is 22.2. The number of hydrogen-bond donors (Lipinski definition) is 2. The highest BCUT2D eigenvalue weighted by Crippen LogP contribution is 2.19. The van der Waals surface area contributed by atoms with Gasteiger partial charge in [0.1, 0.15) is 11.4 Å². The van der Waals surface area contributed by atoms with Gasteiger partial charge in [0.2, 0.25) is 0 Å². The molecule has 31 heavy (non-hydrogen) atoms. The summed E-state index contributed by atoms with van der Waals surface area (Å²) >= 11 is 0. The van der Waals surface area contributed by atoms with Crippen molar-refractivity contribution in [1.82, 2.24) is 5.32 Å². The van der Waals surface area contributed by atoms with E-state index in [1.165, 1.54) is 37.5 Å². The van der Waals surface area contributed by atoms with E-state index in [4.69, 9.17) is 4.74 Å². The number of nitrogens with zero attached hydrogens (tertiary/aromatic N) is 1. The van der Waals surface area contributed by atoms with E-state index >= 15 is 0 Å². The third kappa shape index (κ3) is 5.54. The fraction of sp³-hybridized carbons (Fsp3) is 0.0435. The van der Waals surface area contributed by atoms with E-state index in [1.807, 2.05) is 6.07 Å². The number of methoxy groups -OCH3 is 1. The van der Waals surface area contributed by atoms with Gasteiger partial charge in [0, 0.05) is 17.8 Å². The van der Waals surface area contributed by atoms with Gasteiger partial charge in [-0.1, -0.05) is 42.5 Å². The third-order valence-corrected chi connectivity index (χ3v) is 4.29. The van der Waals surface area contributed by atoms with E-state index in [9.17, 15) is 19.7 Å². The van der Waals surface area contributed by atoms with Crippen molar-refractivity contribution in [2.75, 3.05) is 12.4 Å². The molecule has 156 valence electrons. The SMILES string of the molecule is COc1ccccc1C(=O)N/C(=C/c1ccccc1)C(=O)Nc1ccc([N+](=O)[O-])cc1. The average molecular weight is 417 g/mol. The number of para-hydroxylation sites is 1. The van der Waals surface area contributed by atoms with Gasteiger partial charge in [-0.3, -0.25) is 19.7 Å². The highest BCUT2D eigenvalue weighted by atomic mass is 16.6. The first-order valence-corrected chi connectivity index (χ1v) is 9.25. The minimum Gasteiger partial charge on any atom is -0.496 e. The van der Waals surface area contributed by atoms with E-state index in [0.717, 1.165) is 0 Å². The molecule has 2 N–H and O–H groups in total. The van der Waals surface area contributed by atoms with E-state index in [2.05, 4.69) is 10.6 Å². The number of non-ortho nitro benzene ring substituents is 1. The molecule has 0 heterocycles. The zero-order valence-electron chi connectivity index (χ0n) is 16.6. The highest BCUT2D eigenvalue weighted by Gasteiger charge is 2.18. The van der Waals surface area contributed by atoms with Crippen molar-refractivity contribution >= 4 is 29.3 Å². The van der Waals surface area contributed by atoms with Crippen molar-refractivity contribution in [3.8, 4) is 5.75 Å². The summed E-state index contributed by atoms with van der Waals surface area (Å²) in [5.41, 5.74) is 1.23. The summed E-state index contributed by atoms with van der Waals surface area (Å²) < 4.78 is 5.22. The van der Waals surface area contributed by atoms with Gasteiger partial charge in [-0.25, -0.2) is 0 Å². The first-order valence-electron chi connectivity index (χ1n) is 9.25. The van der Waals surface area contributed by atoms with Gasteiger partial charge in [0.15, 0.2) is 0 Å². The molecule has 0 fully saturated rings. The Hall–Kier alpha value is -4.46. The number of rotatable bonds is 7. The van der Waals surface area contributed by atoms with E-state index in [1.54, 1.807) is 48.5 Å². The van der Waals surface area contributed by atoms with Crippen LogP contribution in [0.2, 0.25) is 0 Å². The maximum absolute atomic E-state index is 12.9. The molecule has 0 bridgehead atoms. The minimum absolute atomic E-state index is 0.000425. The van der Waals surface area contributed by atoms with Gasteiger partial charge in [-0.05, 0) is 35.9 Å². The molecule has 0 aromatic heterocycles. The van der Waals surface area contributed by atoms with Crippen molar-refractivity contribution in [3.05, 3.63) is 106 Å². The largest absolute Gasteiger partial charge is 0.496 e. The van der Waals surface area contributed by atoms with Gasteiger partial charge >= 0.3 is 0 Å². The van der Waals surface area contributed by atoms with Crippen molar-refractivity contribution in [3.63, 3.8) is 0 Å². The number of hydrogen-bond acceptors (Lipinski definition) is 5. The summed E-state index contributed by atoms with van der Waals surface area (Å²) in [5, 5.41) is 16.1. The molecule has 8 heteroatoms. The molecule has 0 aliphatic rings. The smallest absolute Gasteiger partial charge is 0.272 e. The van der Waals surface area contributed by atoms with Crippen LogP contribution in [-0.2, 0) is 4.79 Å². The van der Waals surface area contributed by atoms with Gasteiger partial charge in [-0.15, -0.1) is 0 Å². The fourth-order valence-electron chi connectivity index (χ4n) is 2.76. The Morgan fingerprint density at radius 1 is 0.935 bits per heavy atom. The van der Waals surface area contributed by atoms with E-state index < -0.39 is 16.7 Å². The lowest BCUT2D eigenvalue weighted by molar-refractivity contribution is -0.384.